The smallest absolute Gasteiger partial charge is 0.140 e. The fourth-order valence-electron chi connectivity index (χ4n) is 2.59. The van der Waals surface area contributed by atoms with Crippen LogP contribution in [0.5, 0.6) is 0 Å². The Morgan fingerprint density at radius 3 is 3.00 bits per heavy atom. The van der Waals surface area contributed by atoms with Gasteiger partial charge < -0.3 is 14.5 Å². The summed E-state index contributed by atoms with van der Waals surface area (Å²) in [5.74, 6) is 0. The number of pyridine rings is 1. The zero-order valence-electron chi connectivity index (χ0n) is 11.9. The Labute approximate surface area is 118 Å². The lowest BCUT2D eigenvalue weighted by Crippen LogP contribution is -2.06. The van der Waals surface area contributed by atoms with Crippen LogP contribution in [-0.2, 0) is 19.6 Å². The predicted molar refractivity (Wildman–Crippen MR) is 79.5 cm³/mol. The van der Waals surface area contributed by atoms with Crippen molar-refractivity contribution in [3.8, 4) is 0 Å². The molecular formula is C15H19N5. The molecule has 0 amide bonds. The molecule has 3 rings (SSSR count). The molecule has 0 bridgehead atoms. The molecule has 5 nitrogen and oxygen atoms in total. The second kappa shape index (κ2) is 5.46. The highest BCUT2D eigenvalue weighted by atomic mass is 15.1. The van der Waals surface area contributed by atoms with Crippen molar-refractivity contribution in [3.05, 3.63) is 48.3 Å². The van der Waals surface area contributed by atoms with E-state index in [4.69, 9.17) is 0 Å². The van der Waals surface area contributed by atoms with Crippen LogP contribution in [0, 0.1) is 0 Å². The summed E-state index contributed by atoms with van der Waals surface area (Å²) in [4.78, 5) is 8.75. The number of aryl methyl sites for hydroxylation is 1. The molecule has 0 aliphatic heterocycles. The summed E-state index contributed by atoms with van der Waals surface area (Å²) in [7, 11) is 1.96. The summed E-state index contributed by atoms with van der Waals surface area (Å²) in [6.45, 7) is 4.71. The Morgan fingerprint density at radius 2 is 2.20 bits per heavy atom. The lowest BCUT2D eigenvalue weighted by Gasteiger charge is -2.07. The molecule has 0 aromatic carbocycles. The molecule has 0 saturated carbocycles. The van der Waals surface area contributed by atoms with E-state index in [9.17, 15) is 0 Å². The molecule has 20 heavy (non-hydrogen) atoms. The molecule has 3 heterocycles. The maximum Gasteiger partial charge on any atom is 0.140 e. The second-order valence-corrected chi connectivity index (χ2v) is 4.86. The van der Waals surface area contributed by atoms with E-state index >= 15 is 0 Å². The first-order valence-corrected chi connectivity index (χ1v) is 6.89. The van der Waals surface area contributed by atoms with Gasteiger partial charge in [-0.25, -0.2) is 9.97 Å². The first-order valence-electron chi connectivity index (χ1n) is 6.89. The summed E-state index contributed by atoms with van der Waals surface area (Å²) >= 11 is 0. The first-order chi connectivity index (χ1) is 9.83. The minimum atomic E-state index is 0.797. The van der Waals surface area contributed by atoms with Crippen molar-refractivity contribution in [3.63, 3.8) is 0 Å². The molecule has 3 aromatic heterocycles. The third kappa shape index (κ3) is 2.20. The van der Waals surface area contributed by atoms with E-state index in [0.717, 1.165) is 25.3 Å². The fraction of sp³-hybridized carbons (Fsp3) is 0.333. The molecular weight excluding hydrogens is 250 g/mol. The summed E-state index contributed by atoms with van der Waals surface area (Å²) < 4.78 is 4.36. The van der Waals surface area contributed by atoms with Gasteiger partial charge in [-0.1, -0.05) is 0 Å². The topological polar surface area (TPSA) is 47.7 Å². The average Bonchev–Trinajstić information content (AvgIpc) is 3.06. The quantitative estimate of drug-likeness (QED) is 0.771. The van der Waals surface area contributed by atoms with Gasteiger partial charge in [-0.05, 0) is 31.7 Å². The summed E-state index contributed by atoms with van der Waals surface area (Å²) in [6, 6.07) is 4.12. The second-order valence-electron chi connectivity index (χ2n) is 4.86. The van der Waals surface area contributed by atoms with Crippen molar-refractivity contribution in [2.45, 2.75) is 26.6 Å². The molecule has 0 unspecified atom stereocenters. The van der Waals surface area contributed by atoms with Gasteiger partial charge in [0.25, 0.3) is 0 Å². The third-order valence-electron chi connectivity index (χ3n) is 3.56. The zero-order valence-corrected chi connectivity index (χ0v) is 11.9. The van der Waals surface area contributed by atoms with Gasteiger partial charge in [0, 0.05) is 37.1 Å². The van der Waals surface area contributed by atoms with Gasteiger partial charge in [0.2, 0.25) is 0 Å². The van der Waals surface area contributed by atoms with E-state index in [1.54, 1.807) is 0 Å². The Bertz CT molecular complexity index is 710. The van der Waals surface area contributed by atoms with Crippen molar-refractivity contribution in [2.24, 2.45) is 0 Å². The summed E-state index contributed by atoms with van der Waals surface area (Å²) in [5.41, 5.74) is 3.51. The molecule has 0 atom stereocenters. The minimum Gasteiger partial charge on any atom is -0.333 e. The number of imidazole rings is 1. The highest BCUT2D eigenvalue weighted by Gasteiger charge is 2.10. The number of nitrogens with zero attached hydrogens (tertiary/aromatic N) is 4. The number of fused-ring (bicyclic) bond motifs is 1. The van der Waals surface area contributed by atoms with E-state index in [1.807, 2.05) is 31.8 Å². The molecule has 0 aliphatic rings. The number of hydrogen-bond donors (Lipinski definition) is 1. The third-order valence-corrected chi connectivity index (χ3v) is 3.56. The molecule has 0 saturated heterocycles. The standard InChI is InChI=1S/C15H19N5/c1-3-19-11-17-8-13(19)10-20-9-12(7-16-2)14-5-4-6-18-15(14)20/h4-6,8-9,11,16H,3,7,10H2,1-2H3. The van der Waals surface area contributed by atoms with E-state index in [0.29, 0.717) is 0 Å². The largest absolute Gasteiger partial charge is 0.333 e. The van der Waals surface area contributed by atoms with Gasteiger partial charge >= 0.3 is 0 Å². The Morgan fingerprint density at radius 1 is 1.30 bits per heavy atom. The molecule has 5 heteroatoms. The van der Waals surface area contributed by atoms with Crippen molar-refractivity contribution in [1.29, 1.82) is 0 Å². The van der Waals surface area contributed by atoms with Crippen molar-refractivity contribution in [1.82, 2.24) is 24.4 Å². The summed E-state index contributed by atoms with van der Waals surface area (Å²) in [6.07, 6.45) is 7.83. The van der Waals surface area contributed by atoms with Crippen molar-refractivity contribution in [2.75, 3.05) is 7.05 Å². The average molecular weight is 269 g/mol. The molecule has 0 fully saturated rings. The normalized spacial score (nSPS) is 11.3. The van der Waals surface area contributed by atoms with Crippen LogP contribution >= 0.6 is 0 Å². The summed E-state index contributed by atoms with van der Waals surface area (Å²) in [5, 5.41) is 4.42. The molecule has 0 radical (unpaired) electrons. The van der Waals surface area contributed by atoms with Crippen LogP contribution in [0.4, 0.5) is 0 Å². The lowest BCUT2D eigenvalue weighted by atomic mass is 10.2. The monoisotopic (exact) mass is 269 g/mol. The van der Waals surface area contributed by atoms with Gasteiger partial charge in [0.1, 0.15) is 5.65 Å². The fourth-order valence-corrected chi connectivity index (χ4v) is 2.59. The van der Waals surface area contributed by atoms with E-state index in [-0.39, 0.29) is 0 Å². The lowest BCUT2D eigenvalue weighted by molar-refractivity contribution is 0.674. The Hall–Kier alpha value is -2.14. The van der Waals surface area contributed by atoms with Crippen LogP contribution in [0.2, 0.25) is 0 Å². The minimum absolute atomic E-state index is 0.797. The zero-order chi connectivity index (χ0) is 13.9. The number of hydrogen-bond acceptors (Lipinski definition) is 3. The highest BCUT2D eigenvalue weighted by molar-refractivity contribution is 5.80. The van der Waals surface area contributed by atoms with Crippen molar-refractivity contribution < 1.29 is 0 Å². The van der Waals surface area contributed by atoms with Crippen LogP contribution in [-0.4, -0.2) is 26.1 Å². The number of rotatable bonds is 5. The van der Waals surface area contributed by atoms with Crippen LogP contribution in [0.1, 0.15) is 18.2 Å². The molecule has 3 aromatic rings. The van der Waals surface area contributed by atoms with Crippen molar-refractivity contribution >= 4 is 11.0 Å². The Balaban J connectivity index is 2.03. The first kappa shape index (κ1) is 12.9. The van der Waals surface area contributed by atoms with Crippen LogP contribution in [0.25, 0.3) is 11.0 Å². The van der Waals surface area contributed by atoms with Crippen LogP contribution in [0.15, 0.2) is 37.1 Å². The van der Waals surface area contributed by atoms with Gasteiger partial charge in [0.15, 0.2) is 0 Å². The van der Waals surface area contributed by atoms with Crippen LogP contribution < -0.4 is 5.32 Å². The molecule has 0 spiro atoms. The maximum atomic E-state index is 4.53. The number of nitrogens with one attached hydrogen (secondary N) is 1. The number of aromatic nitrogens is 4. The van der Waals surface area contributed by atoms with E-state index < -0.39 is 0 Å². The van der Waals surface area contributed by atoms with Crippen LogP contribution in [0.3, 0.4) is 0 Å². The molecule has 0 aliphatic carbocycles. The van der Waals surface area contributed by atoms with Gasteiger partial charge in [-0.3, -0.25) is 0 Å². The maximum absolute atomic E-state index is 4.53. The van der Waals surface area contributed by atoms with Gasteiger partial charge in [-0.15, -0.1) is 0 Å². The Kier molecular flexibility index (Phi) is 3.52. The van der Waals surface area contributed by atoms with Gasteiger partial charge in [-0.2, -0.15) is 0 Å². The predicted octanol–water partition coefficient (Wildman–Crippen LogP) is 2.02. The highest BCUT2D eigenvalue weighted by Crippen LogP contribution is 2.20. The van der Waals surface area contributed by atoms with Gasteiger partial charge in [0.05, 0.1) is 18.6 Å². The van der Waals surface area contributed by atoms with E-state index in [2.05, 4.69) is 43.6 Å². The molecule has 1 N–H and O–H groups in total. The molecule has 104 valence electrons. The SMILES string of the molecule is CCn1cncc1Cn1cc(CNC)c2cccnc21. The van der Waals surface area contributed by atoms with E-state index in [1.165, 1.54) is 16.6 Å².